The molecule has 102 valence electrons. The molecule has 0 amide bonds. The monoisotopic (exact) mass is 324 g/mol. The normalized spacial score (nSPS) is 12.4. The standard InChI is InChI=1S/C14H17BrN2O2/c1-2-14(18)11-9-16-17(10-11)7-8-19-13-5-3-12(15)4-6-13/h3-6,9-10,14,18H,2,7-8H2,1H3. The zero-order chi connectivity index (χ0) is 13.7. The average Bonchev–Trinajstić information content (AvgIpc) is 2.89. The molecule has 0 saturated heterocycles. The SMILES string of the molecule is CCC(O)c1cnn(CCOc2ccc(Br)cc2)c1. The number of nitrogens with zero attached hydrogens (tertiary/aromatic N) is 2. The van der Waals surface area contributed by atoms with E-state index < -0.39 is 6.10 Å². The molecule has 0 aliphatic heterocycles. The van der Waals surface area contributed by atoms with Gasteiger partial charge in [0.1, 0.15) is 12.4 Å². The highest BCUT2D eigenvalue weighted by atomic mass is 79.9. The fourth-order valence-electron chi connectivity index (χ4n) is 1.70. The number of hydrogen-bond donors (Lipinski definition) is 1. The van der Waals surface area contributed by atoms with E-state index in [0.717, 1.165) is 15.8 Å². The highest BCUT2D eigenvalue weighted by molar-refractivity contribution is 9.10. The summed E-state index contributed by atoms with van der Waals surface area (Å²) in [4.78, 5) is 0. The van der Waals surface area contributed by atoms with Crippen LogP contribution in [-0.4, -0.2) is 21.5 Å². The van der Waals surface area contributed by atoms with Crippen LogP contribution in [0.1, 0.15) is 25.0 Å². The number of benzene rings is 1. The molecule has 0 aliphatic rings. The maximum absolute atomic E-state index is 9.68. The van der Waals surface area contributed by atoms with Crippen molar-refractivity contribution >= 4 is 15.9 Å². The Morgan fingerprint density at radius 2 is 2.11 bits per heavy atom. The Morgan fingerprint density at radius 1 is 1.37 bits per heavy atom. The molecule has 1 unspecified atom stereocenters. The summed E-state index contributed by atoms with van der Waals surface area (Å²) >= 11 is 3.38. The molecule has 1 aromatic heterocycles. The molecule has 1 atom stereocenters. The van der Waals surface area contributed by atoms with E-state index in [1.54, 1.807) is 10.9 Å². The molecule has 0 bridgehead atoms. The molecule has 0 radical (unpaired) electrons. The van der Waals surface area contributed by atoms with E-state index >= 15 is 0 Å². The Bertz CT molecular complexity index is 510. The van der Waals surface area contributed by atoms with Crippen molar-refractivity contribution in [3.05, 3.63) is 46.7 Å². The van der Waals surface area contributed by atoms with Gasteiger partial charge >= 0.3 is 0 Å². The van der Waals surface area contributed by atoms with E-state index in [4.69, 9.17) is 4.74 Å². The predicted octanol–water partition coefficient (Wildman–Crippen LogP) is 3.17. The summed E-state index contributed by atoms with van der Waals surface area (Å²) in [6, 6.07) is 7.72. The van der Waals surface area contributed by atoms with Crippen molar-refractivity contribution in [2.24, 2.45) is 0 Å². The first-order valence-corrected chi connectivity index (χ1v) is 7.07. The highest BCUT2D eigenvalue weighted by Gasteiger charge is 2.07. The fourth-order valence-corrected chi connectivity index (χ4v) is 1.96. The summed E-state index contributed by atoms with van der Waals surface area (Å²) in [7, 11) is 0. The first-order chi connectivity index (χ1) is 9.19. The largest absolute Gasteiger partial charge is 0.492 e. The minimum atomic E-state index is -0.429. The van der Waals surface area contributed by atoms with Crippen LogP contribution in [0.15, 0.2) is 41.1 Å². The molecule has 1 aromatic carbocycles. The number of hydrogen-bond acceptors (Lipinski definition) is 3. The highest BCUT2D eigenvalue weighted by Crippen LogP contribution is 2.16. The Balaban J connectivity index is 1.82. The first kappa shape index (κ1) is 14.1. The van der Waals surface area contributed by atoms with Crippen molar-refractivity contribution in [2.45, 2.75) is 26.0 Å². The van der Waals surface area contributed by atoms with Crippen LogP contribution in [-0.2, 0) is 6.54 Å². The van der Waals surface area contributed by atoms with Gasteiger partial charge in [-0.2, -0.15) is 5.10 Å². The molecule has 5 heteroatoms. The second-order valence-electron chi connectivity index (χ2n) is 4.26. The Kier molecular flexibility index (Phi) is 4.99. The maximum atomic E-state index is 9.68. The molecular formula is C14H17BrN2O2. The lowest BCUT2D eigenvalue weighted by Gasteiger charge is -2.06. The first-order valence-electron chi connectivity index (χ1n) is 6.28. The van der Waals surface area contributed by atoms with Crippen LogP contribution < -0.4 is 4.74 Å². The molecule has 0 aliphatic carbocycles. The van der Waals surface area contributed by atoms with Crippen LogP contribution in [0.4, 0.5) is 0 Å². The van der Waals surface area contributed by atoms with Gasteiger partial charge in [0.05, 0.1) is 18.8 Å². The summed E-state index contributed by atoms with van der Waals surface area (Å²) in [5.41, 5.74) is 0.853. The summed E-state index contributed by atoms with van der Waals surface area (Å²) in [5.74, 6) is 0.837. The second-order valence-corrected chi connectivity index (χ2v) is 5.18. The lowest BCUT2D eigenvalue weighted by Crippen LogP contribution is -2.08. The third kappa shape index (κ3) is 4.08. The Labute approximate surface area is 121 Å². The van der Waals surface area contributed by atoms with Gasteiger partial charge in [-0.25, -0.2) is 0 Å². The zero-order valence-corrected chi connectivity index (χ0v) is 12.4. The number of aliphatic hydroxyl groups is 1. The van der Waals surface area contributed by atoms with E-state index in [1.807, 2.05) is 37.4 Å². The van der Waals surface area contributed by atoms with Crippen molar-refractivity contribution < 1.29 is 9.84 Å². The summed E-state index contributed by atoms with van der Waals surface area (Å²) in [6.07, 6.45) is 3.83. The van der Waals surface area contributed by atoms with Gasteiger partial charge in [-0.1, -0.05) is 22.9 Å². The zero-order valence-electron chi connectivity index (χ0n) is 10.8. The van der Waals surface area contributed by atoms with Gasteiger partial charge in [0.15, 0.2) is 0 Å². The maximum Gasteiger partial charge on any atom is 0.119 e. The van der Waals surface area contributed by atoms with Gasteiger partial charge in [-0.05, 0) is 30.7 Å². The molecular weight excluding hydrogens is 308 g/mol. The Hall–Kier alpha value is -1.33. The van der Waals surface area contributed by atoms with Crippen molar-refractivity contribution in [2.75, 3.05) is 6.61 Å². The van der Waals surface area contributed by atoms with Crippen molar-refractivity contribution in [1.82, 2.24) is 9.78 Å². The number of rotatable bonds is 6. The average molecular weight is 325 g/mol. The minimum absolute atomic E-state index is 0.429. The van der Waals surface area contributed by atoms with Gasteiger partial charge in [0.25, 0.3) is 0 Å². The van der Waals surface area contributed by atoms with Crippen LogP contribution in [0.3, 0.4) is 0 Å². The van der Waals surface area contributed by atoms with Crippen LogP contribution in [0, 0.1) is 0 Å². The number of halogens is 1. The van der Waals surface area contributed by atoms with Gasteiger partial charge in [0, 0.05) is 16.2 Å². The third-order valence-corrected chi connectivity index (χ3v) is 3.36. The number of aromatic nitrogens is 2. The smallest absolute Gasteiger partial charge is 0.119 e. The van der Waals surface area contributed by atoms with E-state index in [2.05, 4.69) is 21.0 Å². The lowest BCUT2D eigenvalue weighted by atomic mass is 10.2. The Morgan fingerprint density at radius 3 is 2.79 bits per heavy atom. The minimum Gasteiger partial charge on any atom is -0.492 e. The summed E-state index contributed by atoms with van der Waals surface area (Å²) < 4.78 is 8.43. The van der Waals surface area contributed by atoms with Crippen molar-refractivity contribution in [3.63, 3.8) is 0 Å². The van der Waals surface area contributed by atoms with Crippen LogP contribution in [0.5, 0.6) is 5.75 Å². The number of aliphatic hydroxyl groups excluding tert-OH is 1. The van der Waals surface area contributed by atoms with E-state index in [1.165, 1.54) is 0 Å². The molecule has 1 heterocycles. The summed E-state index contributed by atoms with van der Waals surface area (Å²) in [6.45, 7) is 3.15. The van der Waals surface area contributed by atoms with Crippen molar-refractivity contribution in [3.8, 4) is 5.75 Å². The second kappa shape index (κ2) is 6.73. The molecule has 2 aromatic rings. The number of ether oxygens (including phenoxy) is 1. The molecule has 4 nitrogen and oxygen atoms in total. The molecule has 0 fully saturated rings. The molecule has 0 spiro atoms. The molecule has 0 saturated carbocycles. The van der Waals surface area contributed by atoms with Gasteiger partial charge in [-0.3, -0.25) is 4.68 Å². The third-order valence-electron chi connectivity index (χ3n) is 2.83. The van der Waals surface area contributed by atoms with Crippen LogP contribution in [0.2, 0.25) is 0 Å². The molecule has 1 N–H and O–H groups in total. The summed E-state index contributed by atoms with van der Waals surface area (Å²) in [5, 5.41) is 13.9. The topological polar surface area (TPSA) is 47.3 Å². The van der Waals surface area contributed by atoms with Crippen LogP contribution >= 0.6 is 15.9 Å². The van der Waals surface area contributed by atoms with E-state index in [0.29, 0.717) is 19.6 Å². The molecule has 19 heavy (non-hydrogen) atoms. The fraction of sp³-hybridized carbons (Fsp3) is 0.357. The van der Waals surface area contributed by atoms with Gasteiger partial charge in [0.2, 0.25) is 0 Å². The van der Waals surface area contributed by atoms with Crippen LogP contribution in [0.25, 0.3) is 0 Å². The van der Waals surface area contributed by atoms with E-state index in [9.17, 15) is 5.11 Å². The predicted molar refractivity (Wildman–Crippen MR) is 77.1 cm³/mol. The van der Waals surface area contributed by atoms with Gasteiger partial charge in [-0.15, -0.1) is 0 Å². The quantitative estimate of drug-likeness (QED) is 0.887. The molecule has 2 rings (SSSR count). The van der Waals surface area contributed by atoms with Crippen molar-refractivity contribution in [1.29, 1.82) is 0 Å². The van der Waals surface area contributed by atoms with Gasteiger partial charge < -0.3 is 9.84 Å². The lowest BCUT2D eigenvalue weighted by molar-refractivity contribution is 0.173. The van der Waals surface area contributed by atoms with E-state index in [-0.39, 0.29) is 0 Å².